The summed E-state index contributed by atoms with van der Waals surface area (Å²) in [6.07, 6.45) is 0. The fourth-order valence-electron chi connectivity index (χ4n) is 1.58. The first-order valence-corrected chi connectivity index (χ1v) is 4.92. The Hall–Kier alpha value is -1.38. The van der Waals surface area contributed by atoms with E-state index in [4.69, 9.17) is 10.5 Å². The molecule has 0 unspecified atom stereocenters. The van der Waals surface area contributed by atoms with Gasteiger partial charge in [0.2, 0.25) is 0 Å². The molecule has 0 aliphatic rings. The molecular formula is C11H18N2O. The standard InChI is InChI=1S/C11H18N2O/c1-4-13(5-2)11-9(12)7-6-8-10(11)14-3/h6-8H,4-5,12H2,1-3H3. The van der Waals surface area contributed by atoms with Crippen molar-refractivity contribution in [3.63, 3.8) is 0 Å². The quantitative estimate of drug-likeness (QED) is 0.746. The SMILES string of the molecule is CCN(CC)c1c(N)cccc1OC. The number of nitrogens with two attached hydrogens (primary N) is 1. The van der Waals surface area contributed by atoms with Crippen LogP contribution in [0.2, 0.25) is 0 Å². The lowest BCUT2D eigenvalue weighted by atomic mass is 10.2. The fourth-order valence-corrected chi connectivity index (χ4v) is 1.58. The van der Waals surface area contributed by atoms with Crippen LogP contribution in [0.5, 0.6) is 5.75 Å². The normalized spacial score (nSPS) is 9.93. The van der Waals surface area contributed by atoms with Gasteiger partial charge in [0.15, 0.2) is 0 Å². The molecule has 1 aromatic rings. The molecule has 0 radical (unpaired) electrons. The number of ether oxygens (including phenoxy) is 1. The van der Waals surface area contributed by atoms with Gasteiger partial charge in [-0.3, -0.25) is 0 Å². The summed E-state index contributed by atoms with van der Waals surface area (Å²) in [4.78, 5) is 2.19. The summed E-state index contributed by atoms with van der Waals surface area (Å²) in [5, 5.41) is 0. The van der Waals surface area contributed by atoms with E-state index in [2.05, 4.69) is 18.7 Å². The summed E-state index contributed by atoms with van der Waals surface area (Å²) in [6.45, 7) is 6.08. The van der Waals surface area contributed by atoms with E-state index < -0.39 is 0 Å². The molecule has 2 N–H and O–H groups in total. The first kappa shape index (κ1) is 10.7. The van der Waals surface area contributed by atoms with Crippen molar-refractivity contribution in [2.75, 3.05) is 30.8 Å². The van der Waals surface area contributed by atoms with Crippen molar-refractivity contribution in [3.8, 4) is 5.75 Å². The van der Waals surface area contributed by atoms with E-state index in [1.165, 1.54) is 0 Å². The fraction of sp³-hybridized carbons (Fsp3) is 0.455. The van der Waals surface area contributed by atoms with Gasteiger partial charge in [-0.25, -0.2) is 0 Å². The maximum absolute atomic E-state index is 5.93. The number of methoxy groups -OCH3 is 1. The second-order valence-corrected chi connectivity index (χ2v) is 3.07. The highest BCUT2D eigenvalue weighted by Crippen LogP contribution is 2.33. The molecule has 0 saturated carbocycles. The Bertz CT molecular complexity index is 295. The Balaban J connectivity index is 3.14. The van der Waals surface area contributed by atoms with Gasteiger partial charge in [-0.2, -0.15) is 0 Å². The third-order valence-electron chi connectivity index (χ3n) is 2.33. The van der Waals surface area contributed by atoms with Crippen LogP contribution in [0.25, 0.3) is 0 Å². The van der Waals surface area contributed by atoms with Crippen molar-refractivity contribution >= 4 is 11.4 Å². The van der Waals surface area contributed by atoms with Gasteiger partial charge < -0.3 is 15.4 Å². The molecule has 1 aromatic carbocycles. The summed E-state index contributed by atoms with van der Waals surface area (Å²) >= 11 is 0. The minimum absolute atomic E-state index is 0.771. The second kappa shape index (κ2) is 4.74. The Morgan fingerprint density at radius 3 is 2.43 bits per heavy atom. The number of hydrogen-bond donors (Lipinski definition) is 1. The molecule has 0 bridgehead atoms. The van der Waals surface area contributed by atoms with Crippen molar-refractivity contribution in [2.24, 2.45) is 0 Å². The van der Waals surface area contributed by atoms with Gasteiger partial charge in [-0.05, 0) is 26.0 Å². The van der Waals surface area contributed by atoms with E-state index in [1.807, 2.05) is 18.2 Å². The van der Waals surface area contributed by atoms with Gasteiger partial charge in [0.05, 0.1) is 12.8 Å². The molecule has 0 heterocycles. The molecule has 0 aliphatic carbocycles. The minimum atomic E-state index is 0.771. The molecule has 78 valence electrons. The van der Waals surface area contributed by atoms with Crippen molar-refractivity contribution < 1.29 is 4.74 Å². The van der Waals surface area contributed by atoms with Crippen LogP contribution in [0, 0.1) is 0 Å². The number of nitrogen functional groups attached to an aromatic ring is 1. The van der Waals surface area contributed by atoms with Gasteiger partial charge in [-0.15, -0.1) is 0 Å². The second-order valence-electron chi connectivity index (χ2n) is 3.07. The topological polar surface area (TPSA) is 38.5 Å². The molecule has 3 nitrogen and oxygen atoms in total. The van der Waals surface area contributed by atoms with Gasteiger partial charge in [-0.1, -0.05) is 6.07 Å². The van der Waals surface area contributed by atoms with E-state index in [-0.39, 0.29) is 0 Å². The molecule has 0 aromatic heterocycles. The highest BCUT2D eigenvalue weighted by molar-refractivity contribution is 5.74. The number of para-hydroxylation sites is 1. The highest BCUT2D eigenvalue weighted by atomic mass is 16.5. The zero-order valence-corrected chi connectivity index (χ0v) is 9.08. The van der Waals surface area contributed by atoms with Gasteiger partial charge >= 0.3 is 0 Å². The zero-order chi connectivity index (χ0) is 10.6. The van der Waals surface area contributed by atoms with Crippen molar-refractivity contribution in [1.82, 2.24) is 0 Å². The summed E-state index contributed by atoms with van der Waals surface area (Å²) in [6, 6.07) is 5.74. The molecule has 0 atom stereocenters. The maximum Gasteiger partial charge on any atom is 0.144 e. The predicted molar refractivity (Wildman–Crippen MR) is 61.0 cm³/mol. The lowest BCUT2D eigenvalue weighted by molar-refractivity contribution is 0.415. The van der Waals surface area contributed by atoms with Gasteiger partial charge in [0, 0.05) is 13.1 Å². The highest BCUT2D eigenvalue weighted by Gasteiger charge is 2.11. The summed E-state index contributed by atoms with van der Waals surface area (Å²) in [5.41, 5.74) is 7.70. The van der Waals surface area contributed by atoms with Crippen LogP contribution in [0.3, 0.4) is 0 Å². The Labute approximate surface area is 85.5 Å². The van der Waals surface area contributed by atoms with Crippen molar-refractivity contribution in [2.45, 2.75) is 13.8 Å². The molecule has 0 amide bonds. The first-order valence-electron chi connectivity index (χ1n) is 4.92. The van der Waals surface area contributed by atoms with Crippen molar-refractivity contribution in [1.29, 1.82) is 0 Å². The van der Waals surface area contributed by atoms with E-state index >= 15 is 0 Å². The van der Waals surface area contributed by atoms with Crippen LogP contribution >= 0.6 is 0 Å². The van der Waals surface area contributed by atoms with E-state index in [9.17, 15) is 0 Å². The lowest BCUT2D eigenvalue weighted by Gasteiger charge is -2.24. The van der Waals surface area contributed by atoms with Crippen LogP contribution in [0.1, 0.15) is 13.8 Å². The first-order chi connectivity index (χ1) is 6.74. The number of hydrogen-bond acceptors (Lipinski definition) is 3. The largest absolute Gasteiger partial charge is 0.495 e. The third-order valence-corrected chi connectivity index (χ3v) is 2.33. The molecule has 14 heavy (non-hydrogen) atoms. The van der Waals surface area contributed by atoms with Crippen LogP contribution in [-0.4, -0.2) is 20.2 Å². The van der Waals surface area contributed by atoms with Gasteiger partial charge in [0.1, 0.15) is 11.4 Å². The number of nitrogens with zero attached hydrogens (tertiary/aromatic N) is 1. The summed E-state index contributed by atoms with van der Waals surface area (Å²) in [7, 11) is 1.67. The van der Waals surface area contributed by atoms with Gasteiger partial charge in [0.25, 0.3) is 0 Å². The average molecular weight is 194 g/mol. The molecule has 1 rings (SSSR count). The van der Waals surface area contributed by atoms with E-state index in [0.29, 0.717) is 0 Å². The Morgan fingerprint density at radius 2 is 1.93 bits per heavy atom. The lowest BCUT2D eigenvalue weighted by Crippen LogP contribution is -2.23. The van der Waals surface area contributed by atoms with Crippen LogP contribution in [0.4, 0.5) is 11.4 Å². The maximum atomic E-state index is 5.93. The van der Waals surface area contributed by atoms with E-state index in [0.717, 1.165) is 30.2 Å². The molecule has 0 saturated heterocycles. The van der Waals surface area contributed by atoms with E-state index in [1.54, 1.807) is 7.11 Å². The Kier molecular flexibility index (Phi) is 3.63. The number of rotatable bonds is 4. The van der Waals surface area contributed by atoms with Crippen LogP contribution in [-0.2, 0) is 0 Å². The molecule has 0 aliphatic heterocycles. The number of benzene rings is 1. The third kappa shape index (κ3) is 1.92. The average Bonchev–Trinajstić information content (AvgIpc) is 2.22. The molecule has 0 fully saturated rings. The molecule has 3 heteroatoms. The Morgan fingerprint density at radius 1 is 1.29 bits per heavy atom. The van der Waals surface area contributed by atoms with Crippen LogP contribution < -0.4 is 15.4 Å². The summed E-state index contributed by atoms with van der Waals surface area (Å²) in [5.74, 6) is 0.841. The summed E-state index contributed by atoms with van der Waals surface area (Å²) < 4.78 is 5.29. The monoisotopic (exact) mass is 194 g/mol. The molecule has 0 spiro atoms. The number of anilines is 2. The van der Waals surface area contributed by atoms with Crippen LogP contribution in [0.15, 0.2) is 18.2 Å². The predicted octanol–water partition coefficient (Wildman–Crippen LogP) is 2.12. The zero-order valence-electron chi connectivity index (χ0n) is 9.08. The smallest absolute Gasteiger partial charge is 0.144 e. The minimum Gasteiger partial charge on any atom is -0.495 e. The molecular weight excluding hydrogens is 176 g/mol. The van der Waals surface area contributed by atoms with Crippen molar-refractivity contribution in [3.05, 3.63) is 18.2 Å².